The zero-order chi connectivity index (χ0) is 25.5. The number of carbonyl (C=O) groups is 6. The van der Waals surface area contributed by atoms with Crippen LogP contribution in [0.25, 0.3) is 0 Å². The average Bonchev–Trinajstić information content (AvgIpc) is 3.19. The Bertz CT molecular complexity index is 1070. The van der Waals surface area contributed by atoms with Crippen molar-refractivity contribution in [1.82, 2.24) is 10.1 Å². The Labute approximate surface area is 251 Å². The fourth-order valence-electron chi connectivity index (χ4n) is 2.51. The number of rotatable bonds is 13. The fraction of sp³-hybridized carbons (Fsp3) is 0.375. The molecule has 36 heavy (non-hydrogen) atoms. The van der Waals surface area contributed by atoms with Gasteiger partial charge in [0.1, 0.15) is 19.9 Å². The van der Waals surface area contributed by atoms with Gasteiger partial charge in [0.2, 0.25) is 0 Å². The van der Waals surface area contributed by atoms with Gasteiger partial charge in [0, 0.05) is 25.0 Å². The summed E-state index contributed by atoms with van der Waals surface area (Å²) in [4.78, 5) is 77.6. The maximum absolute atomic E-state index is 11.8. The fourth-order valence-corrected chi connectivity index (χ4v) is 3.46. The van der Waals surface area contributed by atoms with Crippen molar-refractivity contribution >= 4 is 57.7 Å². The largest absolute Gasteiger partial charge is 1.00 e. The van der Waals surface area contributed by atoms with Gasteiger partial charge in [0.15, 0.2) is 0 Å². The summed E-state index contributed by atoms with van der Waals surface area (Å²) in [7, 11) is -5.20. The molecule has 20 heteroatoms. The first-order chi connectivity index (χ1) is 16.0. The molecule has 0 aliphatic carbocycles. The number of imide groups is 2. The first kappa shape index (κ1) is 34.8. The molecule has 0 bridgehead atoms. The minimum atomic E-state index is -5.20. The van der Waals surface area contributed by atoms with Crippen LogP contribution in [0.15, 0.2) is 22.0 Å². The Hall–Kier alpha value is -1.16. The smallest absolute Gasteiger partial charge is 0.744 e. The van der Waals surface area contributed by atoms with Gasteiger partial charge in [-0.25, -0.2) is 18.0 Å². The molecule has 0 atom stereocenters. The molecule has 0 unspecified atom stereocenters. The molecule has 0 aromatic heterocycles. The Morgan fingerprint density at radius 3 is 1.75 bits per heavy atom. The zero-order valence-electron chi connectivity index (χ0n) is 18.8. The van der Waals surface area contributed by atoms with Gasteiger partial charge in [-0.2, -0.15) is 4.33 Å². The molecule has 2 heterocycles. The van der Waals surface area contributed by atoms with Crippen LogP contribution in [0.2, 0.25) is 0 Å². The van der Waals surface area contributed by atoms with Crippen molar-refractivity contribution in [2.75, 3.05) is 0 Å². The van der Waals surface area contributed by atoms with Gasteiger partial charge >= 0.3 is 82.9 Å². The summed E-state index contributed by atoms with van der Waals surface area (Å²) in [6.45, 7) is 0. The number of hydrogen-bond acceptors (Lipinski definition) is 15. The maximum Gasteiger partial charge on any atom is 1.00 e. The first-order valence-corrected chi connectivity index (χ1v) is 11.3. The molecule has 0 saturated carbocycles. The van der Waals surface area contributed by atoms with Crippen LogP contribution in [-0.2, 0) is 57.9 Å². The molecular formula is C16H14N2Na2O14S2. The standard InChI is InChI=1S/C16H16N2O14S2.2Na/c19-11-7-9(33-32-31-25)15(23)17(11)29-13(21)5-3-1-2-4-6-14(22)30-18-12(20)8-10(16(18)24)34(26,27)28;;/h7-8,25H,1-6H2,(H,26,27,28);;/q;2*+1/p-2. The van der Waals surface area contributed by atoms with E-state index in [1.807, 2.05) is 0 Å². The van der Waals surface area contributed by atoms with E-state index in [1.54, 1.807) is 0 Å². The third kappa shape index (κ3) is 9.95. The van der Waals surface area contributed by atoms with Crippen molar-refractivity contribution < 1.29 is 125 Å². The number of amides is 4. The molecule has 0 fully saturated rings. The molecule has 0 saturated heterocycles. The van der Waals surface area contributed by atoms with Gasteiger partial charge in [-0.05, 0) is 12.8 Å². The summed E-state index contributed by atoms with van der Waals surface area (Å²) in [5.41, 5.74) is 0. The topological polar surface area (TPSA) is 226 Å². The molecule has 4 amide bonds. The van der Waals surface area contributed by atoms with Gasteiger partial charge in [-0.1, -0.05) is 23.0 Å². The number of unbranched alkanes of at least 4 members (excludes halogenated alkanes) is 3. The summed E-state index contributed by atoms with van der Waals surface area (Å²) in [6.07, 6.45) is 1.84. The van der Waals surface area contributed by atoms with Crippen LogP contribution in [0.1, 0.15) is 38.5 Å². The molecule has 16 nitrogen and oxygen atoms in total. The van der Waals surface area contributed by atoms with Gasteiger partial charge in [-0.15, -0.1) is 0 Å². The monoisotopic (exact) mass is 568 g/mol. The molecule has 0 radical (unpaired) electrons. The maximum atomic E-state index is 11.8. The third-order valence-corrected chi connectivity index (χ3v) is 5.45. The van der Waals surface area contributed by atoms with Crippen LogP contribution in [-0.4, -0.2) is 58.7 Å². The van der Waals surface area contributed by atoms with Gasteiger partial charge in [0.05, 0.1) is 12.0 Å². The van der Waals surface area contributed by atoms with Crippen molar-refractivity contribution in [3.8, 4) is 0 Å². The molecule has 0 N–H and O–H groups in total. The van der Waals surface area contributed by atoms with E-state index < -0.39 is 50.6 Å². The van der Waals surface area contributed by atoms with Crippen LogP contribution in [0.3, 0.4) is 0 Å². The first-order valence-electron chi connectivity index (χ1n) is 9.16. The predicted octanol–water partition coefficient (Wildman–Crippen LogP) is -7.83. The summed E-state index contributed by atoms with van der Waals surface area (Å²) >= 11 is 0.169. The van der Waals surface area contributed by atoms with E-state index in [0.717, 1.165) is 6.08 Å². The molecule has 2 aliphatic heterocycles. The SMILES string of the molecule is O=C(CCCCCCC(=O)ON1C(=O)C=C(S(=O)(=O)[O-])C1=O)ON1C(=O)C=C(SOO[O-])C1=O.[Na+].[Na+]. The van der Waals surface area contributed by atoms with Crippen molar-refractivity contribution in [1.29, 1.82) is 0 Å². The number of hydroxylamine groups is 4. The third-order valence-electron chi connectivity index (χ3n) is 4.02. The van der Waals surface area contributed by atoms with Crippen LogP contribution in [0, 0.1) is 0 Å². The Balaban J connectivity index is 0.00000612. The van der Waals surface area contributed by atoms with Crippen molar-refractivity contribution in [2.24, 2.45) is 0 Å². The zero-order valence-corrected chi connectivity index (χ0v) is 24.5. The quantitative estimate of drug-likeness (QED) is 0.0382. The normalized spacial score (nSPS) is 15.3. The second-order valence-corrected chi connectivity index (χ2v) is 8.50. The van der Waals surface area contributed by atoms with Gasteiger partial charge in [-0.3, -0.25) is 24.2 Å². The van der Waals surface area contributed by atoms with Crippen molar-refractivity contribution in [2.45, 2.75) is 38.5 Å². The molecular weight excluding hydrogens is 554 g/mol. The number of nitrogens with zero attached hydrogens (tertiary/aromatic N) is 2. The Morgan fingerprint density at radius 2 is 1.31 bits per heavy atom. The second kappa shape index (κ2) is 15.9. The molecule has 186 valence electrons. The van der Waals surface area contributed by atoms with E-state index in [1.165, 1.54) is 0 Å². The van der Waals surface area contributed by atoms with E-state index >= 15 is 0 Å². The van der Waals surface area contributed by atoms with Crippen LogP contribution in [0.5, 0.6) is 0 Å². The van der Waals surface area contributed by atoms with E-state index in [2.05, 4.69) is 19.0 Å². The number of carbonyl (C=O) groups excluding carboxylic acids is 6. The Morgan fingerprint density at radius 1 is 0.833 bits per heavy atom. The van der Waals surface area contributed by atoms with Crippen LogP contribution in [0.4, 0.5) is 0 Å². The molecule has 2 rings (SSSR count). The predicted molar refractivity (Wildman–Crippen MR) is 99.2 cm³/mol. The van der Waals surface area contributed by atoms with Crippen molar-refractivity contribution in [3.05, 3.63) is 22.0 Å². The summed E-state index contributed by atoms with van der Waals surface area (Å²) in [5, 5.41) is 12.9. The van der Waals surface area contributed by atoms with Gasteiger partial charge in [0.25, 0.3) is 11.8 Å². The Kier molecular flexibility index (Phi) is 15.4. The molecule has 0 aromatic carbocycles. The summed E-state index contributed by atoms with van der Waals surface area (Å²) in [6, 6.07) is 0. The van der Waals surface area contributed by atoms with Crippen molar-refractivity contribution in [3.63, 3.8) is 0 Å². The molecule has 0 aromatic rings. The summed E-state index contributed by atoms with van der Waals surface area (Å²) in [5.74, 6) is -6.76. The minimum absolute atomic E-state index is 0. The molecule has 2 aliphatic rings. The van der Waals surface area contributed by atoms with E-state index in [0.29, 0.717) is 12.8 Å². The molecule has 0 spiro atoms. The van der Waals surface area contributed by atoms with E-state index in [4.69, 9.17) is 0 Å². The van der Waals surface area contributed by atoms with Gasteiger partial charge < -0.3 is 19.5 Å². The average molecular weight is 568 g/mol. The minimum Gasteiger partial charge on any atom is -0.744 e. The summed E-state index contributed by atoms with van der Waals surface area (Å²) < 4.78 is 36.5. The van der Waals surface area contributed by atoms with E-state index in [-0.39, 0.29) is 118 Å². The second-order valence-electron chi connectivity index (χ2n) is 6.41. The van der Waals surface area contributed by atoms with Crippen LogP contribution < -0.4 is 64.4 Å². The van der Waals surface area contributed by atoms with E-state index in [9.17, 15) is 47.0 Å². The van der Waals surface area contributed by atoms with Crippen LogP contribution >= 0.6 is 12.0 Å². The number of hydrogen-bond donors (Lipinski definition) is 0.